The Hall–Kier alpha value is -5.40. The fraction of sp³-hybridized carbons (Fsp3) is 0.227. The van der Waals surface area contributed by atoms with E-state index in [-0.39, 0.29) is 0 Å². The molecule has 0 aliphatic heterocycles. The summed E-state index contributed by atoms with van der Waals surface area (Å²) in [5, 5.41) is 9.53. The van der Waals surface area contributed by atoms with E-state index in [0.29, 0.717) is 28.5 Å². The monoisotopic (exact) mass is 620 g/mol. The summed E-state index contributed by atoms with van der Waals surface area (Å²) < 4.78 is 0. The highest BCUT2D eigenvalue weighted by Crippen LogP contribution is 2.61. The minimum atomic E-state index is 0.295. The van der Waals surface area contributed by atoms with Gasteiger partial charge in [-0.1, -0.05) is 103 Å². The Balaban J connectivity index is 1.17. The third kappa shape index (κ3) is 5.20. The zero-order valence-electron chi connectivity index (χ0n) is 26.9. The summed E-state index contributed by atoms with van der Waals surface area (Å²) in [6.07, 6.45) is 8.28. The molecule has 0 atom stereocenters. The summed E-state index contributed by atoms with van der Waals surface area (Å²) in [6, 6.07) is 46.5. The first-order chi connectivity index (χ1) is 23.6. The molecule has 4 aliphatic rings. The molecule has 1 aromatic heterocycles. The van der Waals surface area contributed by atoms with Crippen LogP contribution in [0.4, 0.5) is 0 Å². The van der Waals surface area contributed by atoms with Gasteiger partial charge in [-0.15, -0.1) is 0 Å². The average molecular weight is 621 g/mol. The third-order valence-corrected chi connectivity index (χ3v) is 11.1. The van der Waals surface area contributed by atoms with Crippen LogP contribution < -0.4 is 0 Å². The molecule has 10 rings (SSSR count). The van der Waals surface area contributed by atoms with Crippen LogP contribution in [0.3, 0.4) is 0 Å². The maximum atomic E-state index is 9.53. The van der Waals surface area contributed by atoms with Crippen LogP contribution in [0.15, 0.2) is 127 Å². The number of rotatable bonds is 6. The van der Waals surface area contributed by atoms with E-state index in [1.54, 1.807) is 0 Å². The van der Waals surface area contributed by atoms with Gasteiger partial charge >= 0.3 is 0 Å². The lowest BCUT2D eigenvalue weighted by atomic mass is 9.48. The van der Waals surface area contributed by atoms with Crippen molar-refractivity contribution in [2.24, 2.45) is 17.8 Å². The first-order valence-electron chi connectivity index (χ1n) is 17.3. The number of nitriles is 1. The second-order valence-corrected chi connectivity index (χ2v) is 14.3. The van der Waals surface area contributed by atoms with Crippen molar-refractivity contribution in [3.63, 3.8) is 0 Å². The zero-order valence-corrected chi connectivity index (χ0v) is 26.9. The van der Waals surface area contributed by atoms with Crippen LogP contribution in [0, 0.1) is 29.1 Å². The van der Waals surface area contributed by atoms with E-state index in [2.05, 4.69) is 60.7 Å². The van der Waals surface area contributed by atoms with Crippen molar-refractivity contribution < 1.29 is 0 Å². The van der Waals surface area contributed by atoms with E-state index in [1.165, 1.54) is 55.2 Å². The van der Waals surface area contributed by atoms with Crippen LogP contribution in [0.25, 0.3) is 56.4 Å². The molecule has 5 aromatic carbocycles. The van der Waals surface area contributed by atoms with E-state index < -0.39 is 0 Å². The number of benzene rings is 5. The summed E-state index contributed by atoms with van der Waals surface area (Å²) >= 11 is 0. The summed E-state index contributed by atoms with van der Waals surface area (Å²) in [7, 11) is 0. The molecule has 0 unspecified atom stereocenters. The molecule has 4 heteroatoms. The first kappa shape index (κ1) is 28.8. The van der Waals surface area contributed by atoms with Crippen molar-refractivity contribution >= 4 is 0 Å². The predicted octanol–water partition coefficient (Wildman–Crippen LogP) is 10.5. The van der Waals surface area contributed by atoms with Crippen LogP contribution in [0.2, 0.25) is 0 Å². The first-order valence-corrected chi connectivity index (χ1v) is 17.3. The molecule has 0 amide bonds. The van der Waals surface area contributed by atoms with Crippen LogP contribution in [0.5, 0.6) is 0 Å². The molecule has 4 saturated carbocycles. The van der Waals surface area contributed by atoms with Crippen LogP contribution in [0.1, 0.15) is 49.7 Å². The molecule has 4 nitrogen and oxygen atoms in total. The third-order valence-electron chi connectivity index (χ3n) is 11.1. The van der Waals surface area contributed by atoms with Crippen molar-refractivity contribution in [3.8, 4) is 62.5 Å². The second-order valence-electron chi connectivity index (χ2n) is 14.3. The molecule has 4 fully saturated rings. The van der Waals surface area contributed by atoms with E-state index >= 15 is 0 Å². The summed E-state index contributed by atoms with van der Waals surface area (Å²) in [4.78, 5) is 14.9. The lowest BCUT2D eigenvalue weighted by Crippen LogP contribution is -2.48. The minimum absolute atomic E-state index is 0.295. The Labute approximate surface area is 282 Å². The fourth-order valence-electron chi connectivity index (χ4n) is 9.32. The number of aromatic nitrogens is 3. The van der Waals surface area contributed by atoms with Gasteiger partial charge in [-0.05, 0) is 114 Å². The maximum Gasteiger partial charge on any atom is 0.164 e. The molecular weight excluding hydrogens is 585 g/mol. The van der Waals surface area contributed by atoms with Gasteiger partial charge in [0.15, 0.2) is 17.5 Å². The number of hydrogen-bond donors (Lipinski definition) is 0. The molecule has 1 heterocycles. The predicted molar refractivity (Wildman–Crippen MR) is 192 cm³/mol. The van der Waals surface area contributed by atoms with Crippen LogP contribution in [-0.4, -0.2) is 15.0 Å². The number of nitrogens with zero attached hydrogens (tertiary/aromatic N) is 4. The Morgan fingerprint density at radius 1 is 0.479 bits per heavy atom. The summed E-state index contributed by atoms with van der Waals surface area (Å²) in [6.45, 7) is 0. The van der Waals surface area contributed by atoms with Crippen molar-refractivity contribution in [2.75, 3.05) is 0 Å². The molecule has 0 saturated heterocycles. The quantitative estimate of drug-likeness (QED) is 0.186. The molecular formula is C44H36N4. The topological polar surface area (TPSA) is 62.5 Å². The highest BCUT2D eigenvalue weighted by atomic mass is 15.0. The lowest BCUT2D eigenvalue weighted by Gasteiger charge is -2.57. The van der Waals surface area contributed by atoms with Crippen molar-refractivity contribution in [1.82, 2.24) is 15.0 Å². The molecule has 0 spiro atoms. The highest BCUT2D eigenvalue weighted by molar-refractivity contribution is 5.86. The van der Waals surface area contributed by atoms with E-state index in [4.69, 9.17) is 15.0 Å². The van der Waals surface area contributed by atoms with Gasteiger partial charge in [0.05, 0.1) is 11.6 Å². The lowest BCUT2D eigenvalue weighted by molar-refractivity contribution is -0.00516. The molecule has 0 N–H and O–H groups in total. The SMILES string of the molecule is N#Cc1ccc(-c2cc(C34C[C@H]5C[C@H](C3)C[C@@H](C4)C5)ccc2-c2cccc(-c3nc(-c4ccccc4)nc(-c4ccccc4)n3)c2)cc1. The maximum absolute atomic E-state index is 9.53. The van der Waals surface area contributed by atoms with Gasteiger partial charge in [-0.2, -0.15) is 5.26 Å². The Bertz CT molecular complexity index is 2070. The van der Waals surface area contributed by atoms with Gasteiger partial charge in [0, 0.05) is 16.7 Å². The number of hydrogen-bond acceptors (Lipinski definition) is 4. The minimum Gasteiger partial charge on any atom is -0.208 e. The largest absolute Gasteiger partial charge is 0.208 e. The molecule has 4 aliphatic carbocycles. The van der Waals surface area contributed by atoms with Crippen molar-refractivity contribution in [2.45, 2.75) is 43.9 Å². The Morgan fingerprint density at radius 2 is 1.00 bits per heavy atom. The van der Waals surface area contributed by atoms with Gasteiger partial charge in [-0.3, -0.25) is 0 Å². The van der Waals surface area contributed by atoms with Crippen molar-refractivity contribution in [3.05, 3.63) is 139 Å². The van der Waals surface area contributed by atoms with Gasteiger partial charge in [-0.25, -0.2) is 15.0 Å². The molecule has 232 valence electrons. The van der Waals surface area contributed by atoms with Crippen molar-refractivity contribution in [1.29, 1.82) is 5.26 Å². The van der Waals surface area contributed by atoms with E-state index in [0.717, 1.165) is 45.6 Å². The molecule has 4 bridgehead atoms. The Morgan fingerprint density at radius 3 is 1.56 bits per heavy atom. The van der Waals surface area contributed by atoms with E-state index in [1.807, 2.05) is 72.8 Å². The van der Waals surface area contributed by atoms with Gasteiger partial charge in [0.25, 0.3) is 0 Å². The Kier molecular flexibility index (Phi) is 7.01. The normalized spacial score (nSPS) is 22.4. The molecule has 0 radical (unpaired) electrons. The fourth-order valence-corrected chi connectivity index (χ4v) is 9.32. The highest BCUT2D eigenvalue weighted by Gasteiger charge is 2.51. The second kappa shape index (κ2) is 11.7. The smallest absolute Gasteiger partial charge is 0.164 e. The van der Waals surface area contributed by atoms with Gasteiger partial charge < -0.3 is 0 Å². The molecule has 6 aromatic rings. The summed E-state index contributed by atoms with van der Waals surface area (Å²) in [5.41, 5.74) is 9.98. The standard InChI is InChI=1S/C44H36N4/c45-28-29-14-16-33(17-15-29)40-24-38(44-25-30-20-31(26-44)22-32(21-30)27-44)18-19-39(40)36-12-7-13-37(23-36)43-47-41(34-8-3-1-4-9-34)46-42(48-43)35-10-5-2-6-11-35/h1-19,23-24,30-32H,20-22,25-27H2/t30-,31-,32-,44?. The van der Waals surface area contributed by atoms with Crippen LogP contribution >= 0.6 is 0 Å². The average Bonchev–Trinajstić information content (AvgIpc) is 3.15. The van der Waals surface area contributed by atoms with E-state index in [9.17, 15) is 5.26 Å². The summed E-state index contributed by atoms with van der Waals surface area (Å²) in [5.74, 6) is 4.61. The van der Waals surface area contributed by atoms with Gasteiger partial charge in [0.2, 0.25) is 0 Å². The zero-order chi connectivity index (χ0) is 32.1. The van der Waals surface area contributed by atoms with Gasteiger partial charge in [0.1, 0.15) is 0 Å². The van der Waals surface area contributed by atoms with Crippen LogP contribution in [-0.2, 0) is 5.41 Å². The molecule has 48 heavy (non-hydrogen) atoms.